The lowest BCUT2D eigenvalue weighted by Crippen LogP contribution is -2.39. The van der Waals surface area contributed by atoms with Crippen LogP contribution in [0.2, 0.25) is 0 Å². The van der Waals surface area contributed by atoms with Crippen LogP contribution in [0.5, 0.6) is 0 Å². The number of nitriles is 1. The standard InChI is InChI=1S/C16H21N3O/c1-18(15-8-6-14(12-17)7-9-15)13-16(20)19-10-4-2-3-5-11-19/h6-9H,2-5,10-11,13H2,1H3. The normalized spacial score (nSPS) is 15.3. The van der Waals surface area contributed by atoms with Crippen molar-refractivity contribution >= 4 is 11.6 Å². The Hall–Kier alpha value is -2.02. The van der Waals surface area contributed by atoms with E-state index in [1.165, 1.54) is 12.8 Å². The van der Waals surface area contributed by atoms with Gasteiger partial charge in [0.2, 0.25) is 5.91 Å². The third-order valence-corrected chi connectivity index (χ3v) is 3.77. The lowest BCUT2D eigenvalue weighted by molar-refractivity contribution is -0.129. The molecule has 0 N–H and O–H groups in total. The van der Waals surface area contributed by atoms with Crippen molar-refractivity contribution in [1.82, 2.24) is 4.90 Å². The predicted octanol–water partition coefficient (Wildman–Crippen LogP) is 2.40. The van der Waals surface area contributed by atoms with Gasteiger partial charge in [-0.25, -0.2) is 0 Å². The van der Waals surface area contributed by atoms with Crippen molar-refractivity contribution in [2.24, 2.45) is 0 Å². The highest BCUT2D eigenvalue weighted by Crippen LogP contribution is 2.15. The van der Waals surface area contributed by atoms with Gasteiger partial charge in [0.05, 0.1) is 18.2 Å². The van der Waals surface area contributed by atoms with Gasteiger partial charge in [-0.1, -0.05) is 12.8 Å². The molecule has 0 spiro atoms. The van der Waals surface area contributed by atoms with Gasteiger partial charge in [0, 0.05) is 25.8 Å². The predicted molar refractivity (Wildman–Crippen MR) is 79.5 cm³/mol. The van der Waals surface area contributed by atoms with Crippen molar-refractivity contribution in [3.63, 3.8) is 0 Å². The molecule has 1 aliphatic rings. The molecule has 0 saturated carbocycles. The first-order chi connectivity index (χ1) is 9.70. The van der Waals surface area contributed by atoms with Gasteiger partial charge in [0.1, 0.15) is 0 Å². The summed E-state index contributed by atoms with van der Waals surface area (Å²) in [6, 6.07) is 9.43. The van der Waals surface area contributed by atoms with E-state index in [-0.39, 0.29) is 5.91 Å². The summed E-state index contributed by atoms with van der Waals surface area (Å²) in [5.41, 5.74) is 1.60. The summed E-state index contributed by atoms with van der Waals surface area (Å²) in [6.45, 7) is 2.17. The molecule has 1 aromatic rings. The van der Waals surface area contributed by atoms with Gasteiger partial charge in [-0.2, -0.15) is 5.26 Å². The minimum Gasteiger partial charge on any atom is -0.365 e. The molecule has 0 atom stereocenters. The van der Waals surface area contributed by atoms with E-state index >= 15 is 0 Å². The number of hydrogen-bond acceptors (Lipinski definition) is 3. The van der Waals surface area contributed by atoms with Gasteiger partial charge >= 0.3 is 0 Å². The van der Waals surface area contributed by atoms with E-state index in [1.807, 2.05) is 29.0 Å². The molecule has 1 heterocycles. The fourth-order valence-electron chi connectivity index (χ4n) is 2.50. The molecule has 0 aliphatic carbocycles. The Morgan fingerprint density at radius 2 is 1.80 bits per heavy atom. The zero-order valence-electron chi connectivity index (χ0n) is 12.0. The highest BCUT2D eigenvalue weighted by molar-refractivity contribution is 5.81. The molecule has 0 bridgehead atoms. The number of anilines is 1. The maximum absolute atomic E-state index is 12.3. The second-order valence-corrected chi connectivity index (χ2v) is 5.31. The number of rotatable bonds is 3. The third kappa shape index (κ3) is 3.74. The minimum atomic E-state index is 0.193. The lowest BCUT2D eigenvalue weighted by Gasteiger charge is -2.25. The highest BCUT2D eigenvalue weighted by Gasteiger charge is 2.17. The fraction of sp³-hybridized carbons (Fsp3) is 0.500. The summed E-state index contributed by atoms with van der Waals surface area (Å²) < 4.78 is 0. The molecule has 0 radical (unpaired) electrons. The second-order valence-electron chi connectivity index (χ2n) is 5.31. The Morgan fingerprint density at radius 1 is 1.20 bits per heavy atom. The Labute approximate surface area is 120 Å². The number of benzene rings is 1. The first-order valence-electron chi connectivity index (χ1n) is 7.20. The molecule has 1 aromatic carbocycles. The van der Waals surface area contributed by atoms with Crippen LogP contribution in [-0.2, 0) is 4.79 Å². The topological polar surface area (TPSA) is 47.3 Å². The van der Waals surface area contributed by atoms with Gasteiger partial charge < -0.3 is 9.80 Å². The van der Waals surface area contributed by atoms with Crippen LogP contribution in [0.4, 0.5) is 5.69 Å². The summed E-state index contributed by atoms with van der Waals surface area (Å²) in [7, 11) is 1.91. The molecule has 0 unspecified atom stereocenters. The van der Waals surface area contributed by atoms with Crippen molar-refractivity contribution in [1.29, 1.82) is 5.26 Å². The summed E-state index contributed by atoms with van der Waals surface area (Å²) in [6.07, 6.45) is 4.70. The highest BCUT2D eigenvalue weighted by atomic mass is 16.2. The smallest absolute Gasteiger partial charge is 0.242 e. The molecule has 0 aromatic heterocycles. The van der Waals surface area contributed by atoms with E-state index in [4.69, 9.17) is 5.26 Å². The van der Waals surface area contributed by atoms with Crippen LogP contribution in [0.25, 0.3) is 0 Å². The van der Waals surface area contributed by atoms with Gasteiger partial charge in [0.15, 0.2) is 0 Å². The quantitative estimate of drug-likeness (QED) is 0.848. The number of likely N-dealkylation sites (N-methyl/N-ethyl adjacent to an activating group) is 1. The number of hydrogen-bond donors (Lipinski definition) is 0. The summed E-state index contributed by atoms with van der Waals surface area (Å²) >= 11 is 0. The monoisotopic (exact) mass is 271 g/mol. The number of carbonyl (C=O) groups excluding carboxylic acids is 1. The lowest BCUT2D eigenvalue weighted by atomic mass is 10.2. The Bertz CT molecular complexity index is 481. The van der Waals surface area contributed by atoms with Crippen LogP contribution in [0, 0.1) is 11.3 Å². The van der Waals surface area contributed by atoms with E-state index in [2.05, 4.69) is 6.07 Å². The second kappa shape index (κ2) is 6.95. The first kappa shape index (κ1) is 14.4. The van der Waals surface area contributed by atoms with Gasteiger partial charge in [-0.05, 0) is 37.1 Å². The molecule has 1 fully saturated rings. The van der Waals surface area contributed by atoms with Crippen LogP contribution in [0.15, 0.2) is 24.3 Å². The number of carbonyl (C=O) groups is 1. The molecule has 1 saturated heterocycles. The number of likely N-dealkylation sites (tertiary alicyclic amines) is 1. The van der Waals surface area contributed by atoms with Gasteiger partial charge in [0.25, 0.3) is 0 Å². The molecule has 4 heteroatoms. The Kier molecular flexibility index (Phi) is 5.00. The molecule has 4 nitrogen and oxygen atoms in total. The summed E-state index contributed by atoms with van der Waals surface area (Å²) in [5, 5.41) is 8.78. The van der Waals surface area contributed by atoms with Crippen LogP contribution >= 0.6 is 0 Å². The third-order valence-electron chi connectivity index (χ3n) is 3.77. The summed E-state index contributed by atoms with van der Waals surface area (Å²) in [4.78, 5) is 16.2. The van der Waals surface area contributed by atoms with Crippen LogP contribution in [0.1, 0.15) is 31.2 Å². The van der Waals surface area contributed by atoms with Crippen molar-refractivity contribution in [3.05, 3.63) is 29.8 Å². The van der Waals surface area contributed by atoms with Gasteiger partial charge in [-0.15, -0.1) is 0 Å². The zero-order chi connectivity index (χ0) is 14.4. The average Bonchev–Trinajstić information content (AvgIpc) is 2.76. The summed E-state index contributed by atoms with van der Waals surface area (Å²) in [5.74, 6) is 0.193. The molecule has 2 rings (SSSR count). The molecule has 106 valence electrons. The molecule has 20 heavy (non-hydrogen) atoms. The maximum atomic E-state index is 12.3. The van der Waals surface area contributed by atoms with E-state index < -0.39 is 0 Å². The Balaban J connectivity index is 1.93. The van der Waals surface area contributed by atoms with Crippen molar-refractivity contribution < 1.29 is 4.79 Å². The molecule has 1 aliphatic heterocycles. The van der Waals surface area contributed by atoms with Crippen LogP contribution in [0.3, 0.4) is 0 Å². The van der Waals surface area contributed by atoms with Gasteiger partial charge in [-0.3, -0.25) is 4.79 Å². The number of amides is 1. The van der Waals surface area contributed by atoms with E-state index in [1.54, 1.807) is 12.1 Å². The largest absolute Gasteiger partial charge is 0.365 e. The van der Waals surface area contributed by atoms with Crippen molar-refractivity contribution in [2.45, 2.75) is 25.7 Å². The molecular formula is C16H21N3O. The zero-order valence-corrected chi connectivity index (χ0v) is 12.0. The first-order valence-corrected chi connectivity index (χ1v) is 7.20. The Morgan fingerprint density at radius 3 is 2.35 bits per heavy atom. The average molecular weight is 271 g/mol. The van der Waals surface area contributed by atoms with Crippen LogP contribution in [-0.4, -0.2) is 37.5 Å². The maximum Gasteiger partial charge on any atom is 0.242 e. The number of nitrogens with zero attached hydrogens (tertiary/aromatic N) is 3. The van der Waals surface area contributed by atoms with Crippen molar-refractivity contribution in [3.8, 4) is 6.07 Å². The van der Waals surface area contributed by atoms with E-state index in [9.17, 15) is 4.79 Å². The van der Waals surface area contributed by atoms with E-state index in [0.717, 1.165) is 31.6 Å². The van der Waals surface area contributed by atoms with Crippen molar-refractivity contribution in [2.75, 3.05) is 31.6 Å². The van der Waals surface area contributed by atoms with Crippen LogP contribution < -0.4 is 4.90 Å². The molecule has 1 amide bonds. The fourth-order valence-corrected chi connectivity index (χ4v) is 2.50. The minimum absolute atomic E-state index is 0.193. The van der Waals surface area contributed by atoms with E-state index in [0.29, 0.717) is 12.1 Å². The molecular weight excluding hydrogens is 250 g/mol. The SMILES string of the molecule is CN(CC(=O)N1CCCCCC1)c1ccc(C#N)cc1.